The molecular formula is C12H17F2NO2. The van der Waals surface area contributed by atoms with Crippen LogP contribution in [0.25, 0.3) is 0 Å². The maximum atomic E-state index is 12.9. The van der Waals surface area contributed by atoms with Crippen LogP contribution in [0.1, 0.15) is 13.8 Å². The average molecular weight is 245 g/mol. The molecule has 2 atom stereocenters. The maximum Gasteiger partial charge on any atom is 0.162 e. The zero-order chi connectivity index (χ0) is 12.8. The van der Waals surface area contributed by atoms with Gasteiger partial charge in [0.15, 0.2) is 11.6 Å². The van der Waals surface area contributed by atoms with Gasteiger partial charge in [0.2, 0.25) is 0 Å². The van der Waals surface area contributed by atoms with E-state index < -0.39 is 17.7 Å². The van der Waals surface area contributed by atoms with Crippen molar-refractivity contribution in [3.8, 4) is 5.75 Å². The Balaban J connectivity index is 2.36. The van der Waals surface area contributed by atoms with Gasteiger partial charge >= 0.3 is 0 Å². The molecule has 5 heteroatoms. The highest BCUT2D eigenvalue weighted by Gasteiger charge is 2.06. The fraction of sp³-hybridized carbons (Fsp3) is 0.500. The minimum atomic E-state index is -0.924. The Labute approximate surface area is 99.4 Å². The Morgan fingerprint density at radius 3 is 2.59 bits per heavy atom. The van der Waals surface area contributed by atoms with E-state index in [1.165, 1.54) is 6.07 Å². The van der Waals surface area contributed by atoms with Gasteiger partial charge in [0.1, 0.15) is 12.4 Å². The van der Waals surface area contributed by atoms with Crippen molar-refractivity contribution in [2.24, 2.45) is 0 Å². The highest BCUT2D eigenvalue weighted by molar-refractivity contribution is 5.23. The van der Waals surface area contributed by atoms with E-state index in [2.05, 4.69) is 5.32 Å². The molecule has 2 N–H and O–H groups in total. The summed E-state index contributed by atoms with van der Waals surface area (Å²) in [6.45, 7) is 4.33. The van der Waals surface area contributed by atoms with Crippen molar-refractivity contribution in [3.05, 3.63) is 29.8 Å². The van der Waals surface area contributed by atoms with Crippen LogP contribution in [0.4, 0.5) is 8.78 Å². The Morgan fingerprint density at radius 1 is 1.29 bits per heavy atom. The van der Waals surface area contributed by atoms with Crippen LogP contribution in [0.3, 0.4) is 0 Å². The van der Waals surface area contributed by atoms with Crippen molar-refractivity contribution in [1.82, 2.24) is 5.32 Å². The smallest absolute Gasteiger partial charge is 0.162 e. The van der Waals surface area contributed by atoms with Gasteiger partial charge in [-0.3, -0.25) is 0 Å². The molecule has 0 aliphatic carbocycles. The van der Waals surface area contributed by atoms with Gasteiger partial charge in [0.05, 0.1) is 6.10 Å². The van der Waals surface area contributed by atoms with Crippen LogP contribution in [0.2, 0.25) is 0 Å². The second kappa shape index (κ2) is 6.51. The molecule has 0 saturated carbocycles. The number of rotatable bonds is 6. The molecule has 1 aromatic carbocycles. The minimum absolute atomic E-state index is 0.0118. The predicted octanol–water partition coefficient (Wildman–Crippen LogP) is 1.70. The van der Waals surface area contributed by atoms with Gasteiger partial charge in [-0.1, -0.05) is 0 Å². The Morgan fingerprint density at radius 2 is 2.00 bits per heavy atom. The third-order valence-electron chi connectivity index (χ3n) is 2.15. The molecule has 96 valence electrons. The zero-order valence-electron chi connectivity index (χ0n) is 9.91. The van der Waals surface area contributed by atoms with Crippen LogP contribution in [0.15, 0.2) is 18.2 Å². The lowest BCUT2D eigenvalue weighted by Crippen LogP contribution is -2.36. The van der Waals surface area contributed by atoms with E-state index in [-0.39, 0.29) is 11.8 Å². The van der Waals surface area contributed by atoms with Crippen LogP contribution in [-0.2, 0) is 0 Å². The summed E-state index contributed by atoms with van der Waals surface area (Å²) in [5, 5.41) is 12.1. The van der Waals surface area contributed by atoms with Crippen LogP contribution < -0.4 is 10.1 Å². The Kier molecular flexibility index (Phi) is 5.31. The van der Waals surface area contributed by atoms with E-state index in [9.17, 15) is 8.78 Å². The first-order valence-electron chi connectivity index (χ1n) is 5.48. The van der Waals surface area contributed by atoms with E-state index in [1.54, 1.807) is 6.92 Å². The highest BCUT2D eigenvalue weighted by atomic mass is 19.2. The molecule has 17 heavy (non-hydrogen) atoms. The van der Waals surface area contributed by atoms with Crippen LogP contribution in [0, 0.1) is 11.6 Å². The lowest BCUT2D eigenvalue weighted by molar-refractivity contribution is 0.178. The van der Waals surface area contributed by atoms with Crippen molar-refractivity contribution in [3.63, 3.8) is 0 Å². The quantitative estimate of drug-likeness (QED) is 0.801. The highest BCUT2D eigenvalue weighted by Crippen LogP contribution is 2.15. The van der Waals surface area contributed by atoms with Crippen molar-refractivity contribution in [2.45, 2.75) is 26.0 Å². The molecule has 0 aromatic heterocycles. The van der Waals surface area contributed by atoms with E-state index >= 15 is 0 Å². The van der Waals surface area contributed by atoms with Gasteiger partial charge < -0.3 is 15.2 Å². The molecule has 0 radical (unpaired) electrons. The van der Waals surface area contributed by atoms with Crippen LogP contribution in [0.5, 0.6) is 5.75 Å². The molecule has 0 amide bonds. The summed E-state index contributed by atoms with van der Waals surface area (Å²) in [7, 11) is 0. The molecule has 3 nitrogen and oxygen atoms in total. The van der Waals surface area contributed by atoms with Gasteiger partial charge in [0.25, 0.3) is 0 Å². The predicted molar refractivity (Wildman–Crippen MR) is 61.0 cm³/mol. The molecule has 0 aliphatic rings. The summed E-state index contributed by atoms with van der Waals surface area (Å²) < 4.78 is 30.8. The lowest BCUT2D eigenvalue weighted by Gasteiger charge is -2.16. The number of nitrogens with one attached hydrogen (secondary N) is 1. The third-order valence-corrected chi connectivity index (χ3v) is 2.15. The first kappa shape index (κ1) is 13.9. The number of hydrogen-bond acceptors (Lipinski definition) is 3. The number of benzene rings is 1. The number of aliphatic hydroxyl groups is 1. The maximum absolute atomic E-state index is 12.9. The normalized spacial score (nSPS) is 14.4. The molecule has 0 fully saturated rings. The number of ether oxygens (including phenoxy) is 1. The fourth-order valence-corrected chi connectivity index (χ4v) is 1.22. The third kappa shape index (κ3) is 5.10. The van der Waals surface area contributed by atoms with Crippen molar-refractivity contribution >= 4 is 0 Å². The number of aliphatic hydroxyl groups excluding tert-OH is 1. The van der Waals surface area contributed by atoms with E-state index in [0.29, 0.717) is 13.2 Å². The van der Waals surface area contributed by atoms with E-state index in [0.717, 1.165) is 12.1 Å². The van der Waals surface area contributed by atoms with Crippen LogP contribution >= 0.6 is 0 Å². The van der Waals surface area contributed by atoms with Gasteiger partial charge in [0, 0.05) is 18.7 Å². The van der Waals surface area contributed by atoms with Gasteiger partial charge in [-0.25, -0.2) is 8.78 Å². The van der Waals surface area contributed by atoms with E-state index in [4.69, 9.17) is 9.84 Å². The monoisotopic (exact) mass is 245 g/mol. The van der Waals surface area contributed by atoms with Gasteiger partial charge in [-0.2, -0.15) is 0 Å². The molecule has 0 saturated heterocycles. The molecule has 0 spiro atoms. The SMILES string of the molecule is CC(O)CNC(C)COc1ccc(F)c(F)c1. The van der Waals surface area contributed by atoms with Crippen LogP contribution in [-0.4, -0.2) is 30.4 Å². The molecule has 0 aliphatic heterocycles. The summed E-state index contributed by atoms with van der Waals surface area (Å²) in [6, 6.07) is 3.42. The number of hydrogen-bond donors (Lipinski definition) is 2. The molecular weight excluding hydrogens is 228 g/mol. The topological polar surface area (TPSA) is 41.5 Å². The molecule has 1 rings (SSSR count). The molecule has 0 heterocycles. The molecule has 0 bridgehead atoms. The number of halogens is 2. The molecule has 2 unspecified atom stereocenters. The summed E-state index contributed by atoms with van der Waals surface area (Å²) in [4.78, 5) is 0. The zero-order valence-corrected chi connectivity index (χ0v) is 9.91. The van der Waals surface area contributed by atoms with Crippen molar-refractivity contribution < 1.29 is 18.6 Å². The second-order valence-corrected chi connectivity index (χ2v) is 4.05. The Bertz CT molecular complexity index is 358. The first-order chi connectivity index (χ1) is 7.99. The first-order valence-corrected chi connectivity index (χ1v) is 5.48. The van der Waals surface area contributed by atoms with Gasteiger partial charge in [-0.05, 0) is 26.0 Å². The summed E-state index contributed by atoms with van der Waals surface area (Å²) in [6.07, 6.45) is -0.430. The summed E-state index contributed by atoms with van der Waals surface area (Å²) in [5.74, 6) is -1.53. The average Bonchev–Trinajstić information content (AvgIpc) is 2.28. The standard InChI is InChI=1S/C12H17F2NO2/c1-8(15-6-9(2)16)7-17-10-3-4-11(13)12(14)5-10/h3-5,8-9,15-16H,6-7H2,1-2H3. The fourth-order valence-electron chi connectivity index (χ4n) is 1.22. The lowest BCUT2D eigenvalue weighted by atomic mass is 10.3. The summed E-state index contributed by atoms with van der Waals surface area (Å²) in [5.41, 5.74) is 0. The van der Waals surface area contributed by atoms with Crippen molar-refractivity contribution in [2.75, 3.05) is 13.2 Å². The van der Waals surface area contributed by atoms with E-state index in [1.807, 2.05) is 6.92 Å². The summed E-state index contributed by atoms with van der Waals surface area (Å²) >= 11 is 0. The Hall–Kier alpha value is -1.20. The molecule has 1 aromatic rings. The van der Waals surface area contributed by atoms with Crippen molar-refractivity contribution in [1.29, 1.82) is 0 Å². The minimum Gasteiger partial charge on any atom is -0.492 e. The second-order valence-electron chi connectivity index (χ2n) is 4.05. The largest absolute Gasteiger partial charge is 0.492 e. The van der Waals surface area contributed by atoms with Gasteiger partial charge in [-0.15, -0.1) is 0 Å².